The van der Waals surface area contributed by atoms with Crippen LogP contribution in [0, 0.1) is 5.92 Å². The number of carbonyl (C=O) groups is 1. The fourth-order valence-electron chi connectivity index (χ4n) is 2.10. The predicted molar refractivity (Wildman–Crippen MR) is 71.4 cm³/mol. The topological polar surface area (TPSA) is 46.0 Å². The molecule has 0 radical (unpaired) electrons. The van der Waals surface area contributed by atoms with Crippen LogP contribution in [0.2, 0.25) is 0 Å². The standard InChI is InChI=1S/C15H13NO2/c17-9-13-8-14-15(16-13)12(10-18-14)7-6-11-4-2-1-3-5-11/h1-4,6-11,16H,5H2/b7-6+. The number of hydrogen-bond acceptors (Lipinski definition) is 2. The Morgan fingerprint density at radius 1 is 1.39 bits per heavy atom. The van der Waals surface area contributed by atoms with Gasteiger partial charge in [0.05, 0.1) is 11.2 Å². The second kappa shape index (κ2) is 4.53. The van der Waals surface area contributed by atoms with Crippen LogP contribution in [-0.2, 0) is 0 Å². The van der Waals surface area contributed by atoms with Gasteiger partial charge in [-0.25, -0.2) is 0 Å². The van der Waals surface area contributed by atoms with Gasteiger partial charge in [0.15, 0.2) is 11.9 Å². The minimum absolute atomic E-state index is 0.431. The molecule has 3 heteroatoms. The van der Waals surface area contributed by atoms with E-state index in [-0.39, 0.29) is 0 Å². The number of allylic oxidation sites excluding steroid dienone is 5. The Morgan fingerprint density at radius 2 is 2.33 bits per heavy atom. The van der Waals surface area contributed by atoms with E-state index in [1.807, 2.05) is 6.08 Å². The van der Waals surface area contributed by atoms with Gasteiger partial charge in [0.2, 0.25) is 0 Å². The molecule has 0 saturated heterocycles. The van der Waals surface area contributed by atoms with E-state index in [9.17, 15) is 4.79 Å². The molecule has 0 aliphatic heterocycles. The molecule has 18 heavy (non-hydrogen) atoms. The van der Waals surface area contributed by atoms with Crippen LogP contribution in [0.5, 0.6) is 0 Å². The minimum atomic E-state index is 0.431. The van der Waals surface area contributed by atoms with Crippen LogP contribution < -0.4 is 0 Å². The molecule has 0 aromatic carbocycles. The summed E-state index contributed by atoms with van der Waals surface area (Å²) in [7, 11) is 0. The fraction of sp³-hybridized carbons (Fsp3) is 0.133. The first-order chi connectivity index (χ1) is 8.86. The summed E-state index contributed by atoms with van der Waals surface area (Å²) in [5.41, 5.74) is 3.11. The third-order valence-corrected chi connectivity index (χ3v) is 3.07. The Morgan fingerprint density at radius 3 is 3.11 bits per heavy atom. The number of carbonyl (C=O) groups excluding carboxylic acids is 1. The maximum absolute atomic E-state index is 10.7. The Balaban J connectivity index is 1.87. The van der Waals surface area contributed by atoms with Crippen molar-refractivity contribution in [2.24, 2.45) is 5.92 Å². The molecule has 90 valence electrons. The lowest BCUT2D eigenvalue weighted by atomic mass is 10.00. The van der Waals surface area contributed by atoms with Gasteiger partial charge in [0, 0.05) is 11.6 Å². The monoisotopic (exact) mass is 239 g/mol. The van der Waals surface area contributed by atoms with Gasteiger partial charge in [-0.05, 0) is 12.3 Å². The highest BCUT2D eigenvalue weighted by Crippen LogP contribution is 2.23. The van der Waals surface area contributed by atoms with Crippen LogP contribution in [-0.4, -0.2) is 11.3 Å². The number of aromatic nitrogens is 1. The zero-order chi connectivity index (χ0) is 12.4. The van der Waals surface area contributed by atoms with E-state index in [0.717, 1.165) is 29.4 Å². The molecular weight excluding hydrogens is 226 g/mol. The zero-order valence-electron chi connectivity index (χ0n) is 9.80. The van der Waals surface area contributed by atoms with Crippen LogP contribution >= 0.6 is 0 Å². The van der Waals surface area contributed by atoms with Crippen LogP contribution in [0.4, 0.5) is 0 Å². The average Bonchev–Trinajstić information content (AvgIpc) is 2.97. The number of aromatic amines is 1. The second-order valence-corrected chi connectivity index (χ2v) is 4.34. The molecular formula is C15H13NO2. The second-order valence-electron chi connectivity index (χ2n) is 4.34. The summed E-state index contributed by atoms with van der Waals surface area (Å²) in [5, 5.41) is 0. The zero-order valence-corrected chi connectivity index (χ0v) is 9.80. The highest BCUT2D eigenvalue weighted by Gasteiger charge is 2.08. The molecule has 0 fully saturated rings. The maximum Gasteiger partial charge on any atom is 0.166 e. The molecule has 1 atom stereocenters. The molecule has 2 aromatic heterocycles. The van der Waals surface area contributed by atoms with Crippen molar-refractivity contribution in [3.63, 3.8) is 0 Å². The van der Waals surface area contributed by atoms with Gasteiger partial charge < -0.3 is 9.40 Å². The van der Waals surface area contributed by atoms with Crippen molar-refractivity contribution in [2.75, 3.05) is 0 Å². The molecule has 0 spiro atoms. The largest absolute Gasteiger partial charge is 0.462 e. The molecule has 2 aromatic rings. The van der Waals surface area contributed by atoms with Gasteiger partial charge in [-0.2, -0.15) is 0 Å². The van der Waals surface area contributed by atoms with E-state index in [0.29, 0.717) is 11.6 Å². The van der Waals surface area contributed by atoms with Crippen LogP contribution in [0.3, 0.4) is 0 Å². The van der Waals surface area contributed by atoms with E-state index < -0.39 is 0 Å². The molecule has 0 amide bonds. The van der Waals surface area contributed by atoms with E-state index in [2.05, 4.69) is 35.4 Å². The van der Waals surface area contributed by atoms with E-state index in [4.69, 9.17) is 4.42 Å². The maximum atomic E-state index is 10.7. The van der Waals surface area contributed by atoms with Crippen molar-refractivity contribution >= 4 is 23.5 Å². The normalized spacial score (nSPS) is 19.0. The number of hydrogen-bond donors (Lipinski definition) is 1. The Bertz CT molecular complexity index is 655. The molecule has 2 heterocycles. The molecule has 3 rings (SSSR count). The minimum Gasteiger partial charge on any atom is -0.462 e. The number of fused-ring (bicyclic) bond motifs is 1. The van der Waals surface area contributed by atoms with E-state index >= 15 is 0 Å². The van der Waals surface area contributed by atoms with Crippen LogP contribution in [0.1, 0.15) is 22.5 Å². The highest BCUT2D eigenvalue weighted by atomic mass is 16.3. The molecule has 1 aliphatic carbocycles. The molecule has 1 aliphatic rings. The predicted octanol–water partition coefficient (Wildman–Crippen LogP) is 3.72. The summed E-state index contributed by atoms with van der Waals surface area (Å²) in [4.78, 5) is 13.7. The lowest BCUT2D eigenvalue weighted by molar-refractivity contribution is 0.111. The number of aldehydes is 1. The Hall–Kier alpha value is -2.29. The Labute approximate surface area is 104 Å². The lowest BCUT2D eigenvalue weighted by Gasteiger charge is -2.05. The third kappa shape index (κ3) is 1.95. The van der Waals surface area contributed by atoms with Crippen molar-refractivity contribution < 1.29 is 9.21 Å². The Kier molecular flexibility index (Phi) is 2.73. The quantitative estimate of drug-likeness (QED) is 0.830. The van der Waals surface area contributed by atoms with Crippen molar-refractivity contribution in [1.82, 2.24) is 4.98 Å². The number of nitrogens with one attached hydrogen (secondary N) is 1. The first-order valence-corrected chi connectivity index (χ1v) is 5.94. The summed E-state index contributed by atoms with van der Waals surface area (Å²) < 4.78 is 5.40. The number of furan rings is 1. The summed E-state index contributed by atoms with van der Waals surface area (Å²) >= 11 is 0. The summed E-state index contributed by atoms with van der Waals surface area (Å²) in [6.07, 6.45) is 16.1. The van der Waals surface area contributed by atoms with Gasteiger partial charge in [-0.1, -0.05) is 36.5 Å². The third-order valence-electron chi connectivity index (χ3n) is 3.07. The molecule has 0 bridgehead atoms. The summed E-state index contributed by atoms with van der Waals surface area (Å²) in [6, 6.07) is 1.71. The highest BCUT2D eigenvalue weighted by molar-refractivity contribution is 5.89. The molecule has 1 N–H and O–H groups in total. The number of rotatable bonds is 3. The summed E-state index contributed by atoms with van der Waals surface area (Å²) in [5.74, 6) is 0.431. The molecule has 3 nitrogen and oxygen atoms in total. The molecule has 1 unspecified atom stereocenters. The van der Waals surface area contributed by atoms with E-state index in [1.165, 1.54) is 0 Å². The van der Waals surface area contributed by atoms with Gasteiger partial charge in [-0.15, -0.1) is 0 Å². The van der Waals surface area contributed by atoms with Gasteiger partial charge in [0.25, 0.3) is 0 Å². The van der Waals surface area contributed by atoms with Crippen molar-refractivity contribution in [2.45, 2.75) is 6.42 Å². The average molecular weight is 239 g/mol. The fourth-order valence-corrected chi connectivity index (χ4v) is 2.10. The number of H-pyrrole nitrogens is 1. The van der Waals surface area contributed by atoms with Gasteiger partial charge in [-0.3, -0.25) is 4.79 Å². The smallest absolute Gasteiger partial charge is 0.166 e. The first kappa shape index (κ1) is 10.8. The first-order valence-electron chi connectivity index (χ1n) is 5.94. The summed E-state index contributed by atoms with van der Waals surface area (Å²) in [6.45, 7) is 0. The van der Waals surface area contributed by atoms with E-state index in [1.54, 1.807) is 12.3 Å². The van der Waals surface area contributed by atoms with Gasteiger partial charge >= 0.3 is 0 Å². The van der Waals surface area contributed by atoms with Gasteiger partial charge in [0.1, 0.15) is 6.26 Å². The molecule has 0 saturated carbocycles. The van der Waals surface area contributed by atoms with Crippen molar-refractivity contribution in [1.29, 1.82) is 0 Å². The van der Waals surface area contributed by atoms with Crippen molar-refractivity contribution in [3.8, 4) is 0 Å². The van der Waals surface area contributed by atoms with Crippen LogP contribution in [0.15, 0.2) is 47.1 Å². The lowest BCUT2D eigenvalue weighted by Crippen LogP contribution is -1.91. The van der Waals surface area contributed by atoms with Crippen molar-refractivity contribution in [3.05, 3.63) is 54.0 Å². The SMILES string of the molecule is O=Cc1cc2occ(/C=C/C3C=CC=CC3)c2[nH]1. The van der Waals surface area contributed by atoms with Crippen LogP contribution in [0.25, 0.3) is 17.2 Å².